The van der Waals surface area contributed by atoms with Gasteiger partial charge in [-0.3, -0.25) is 4.79 Å². The maximum atomic E-state index is 12.5. The van der Waals surface area contributed by atoms with Gasteiger partial charge in [0.25, 0.3) is 5.91 Å². The van der Waals surface area contributed by atoms with Gasteiger partial charge in [-0.1, -0.05) is 30.3 Å². The first-order chi connectivity index (χ1) is 14.1. The van der Waals surface area contributed by atoms with E-state index in [9.17, 15) is 4.79 Å². The van der Waals surface area contributed by atoms with Gasteiger partial charge in [0.15, 0.2) is 23.1 Å². The third-order valence-corrected chi connectivity index (χ3v) is 4.64. The molecule has 1 aliphatic heterocycles. The van der Waals surface area contributed by atoms with Gasteiger partial charge >= 0.3 is 0 Å². The molecule has 1 aliphatic rings. The summed E-state index contributed by atoms with van der Waals surface area (Å²) in [5.41, 5.74) is 1.66. The summed E-state index contributed by atoms with van der Waals surface area (Å²) in [6, 6.07) is 19.1. The maximum Gasteiger partial charge on any atom is 0.257 e. The van der Waals surface area contributed by atoms with Crippen molar-refractivity contribution < 1.29 is 14.3 Å². The molecule has 0 aliphatic carbocycles. The fourth-order valence-electron chi connectivity index (χ4n) is 3.08. The molecule has 0 saturated heterocycles. The zero-order valence-corrected chi connectivity index (χ0v) is 16.3. The number of hydrogen-bond acceptors (Lipinski definition) is 6. The van der Waals surface area contributed by atoms with Crippen molar-refractivity contribution >= 4 is 17.5 Å². The Bertz CT molecular complexity index is 991. The van der Waals surface area contributed by atoms with Crippen LogP contribution in [0.1, 0.15) is 29.8 Å². The maximum absolute atomic E-state index is 12.5. The number of aromatic nitrogens is 2. The second kappa shape index (κ2) is 8.18. The smallest absolute Gasteiger partial charge is 0.257 e. The van der Waals surface area contributed by atoms with Gasteiger partial charge < -0.3 is 19.7 Å². The van der Waals surface area contributed by atoms with Crippen molar-refractivity contribution in [3.63, 3.8) is 0 Å². The second-order valence-electron chi connectivity index (χ2n) is 7.01. The van der Waals surface area contributed by atoms with Crippen molar-refractivity contribution in [2.75, 3.05) is 17.0 Å². The molecule has 0 bridgehead atoms. The molecule has 1 N–H and O–H groups in total. The van der Waals surface area contributed by atoms with Crippen LogP contribution in [-0.4, -0.2) is 28.9 Å². The number of carbonyl (C=O) groups excluding carboxylic acids is 1. The summed E-state index contributed by atoms with van der Waals surface area (Å²) in [6.07, 6.45) is 0. The minimum absolute atomic E-state index is 0.169. The molecule has 0 radical (unpaired) electrons. The van der Waals surface area contributed by atoms with Crippen LogP contribution in [0.4, 0.5) is 11.6 Å². The van der Waals surface area contributed by atoms with Crippen molar-refractivity contribution in [2.24, 2.45) is 0 Å². The molecule has 4 rings (SSSR count). The van der Waals surface area contributed by atoms with Gasteiger partial charge in [-0.05, 0) is 49.7 Å². The fourth-order valence-corrected chi connectivity index (χ4v) is 3.08. The highest BCUT2D eigenvalue weighted by molar-refractivity contribution is 6.04. The quantitative estimate of drug-likeness (QED) is 0.688. The average Bonchev–Trinajstić information content (AvgIpc) is 3.21. The van der Waals surface area contributed by atoms with Crippen LogP contribution < -0.4 is 19.7 Å². The minimum atomic E-state index is -0.282. The number of carbonyl (C=O) groups is 1. The molecule has 1 aromatic heterocycles. The number of amides is 1. The molecule has 3 aromatic rings. The van der Waals surface area contributed by atoms with E-state index in [-0.39, 0.29) is 18.7 Å². The first-order valence-electron chi connectivity index (χ1n) is 9.45. The van der Waals surface area contributed by atoms with Crippen LogP contribution in [0.25, 0.3) is 0 Å². The highest BCUT2D eigenvalue weighted by Crippen LogP contribution is 2.32. The Hall–Kier alpha value is -3.61. The number of benzene rings is 2. The first-order valence-corrected chi connectivity index (χ1v) is 9.45. The van der Waals surface area contributed by atoms with Gasteiger partial charge in [-0.25, -0.2) is 0 Å². The SMILES string of the molecule is CC(C)N(Cc1ccccc1)c1ccc(NC(=O)c2ccc3c(c2)OCO3)nn1. The van der Waals surface area contributed by atoms with Gasteiger partial charge in [0.2, 0.25) is 6.79 Å². The zero-order valence-electron chi connectivity index (χ0n) is 16.3. The average molecular weight is 390 g/mol. The largest absolute Gasteiger partial charge is 0.454 e. The molecule has 1 amide bonds. The lowest BCUT2D eigenvalue weighted by Gasteiger charge is -2.27. The lowest BCUT2D eigenvalue weighted by Crippen LogP contribution is -2.31. The van der Waals surface area contributed by atoms with Gasteiger partial charge in [0.1, 0.15) is 0 Å². The van der Waals surface area contributed by atoms with Crippen LogP contribution in [0.5, 0.6) is 11.5 Å². The Morgan fingerprint density at radius 2 is 1.83 bits per heavy atom. The molecule has 2 aromatic carbocycles. The molecule has 7 nitrogen and oxygen atoms in total. The topological polar surface area (TPSA) is 76.6 Å². The van der Waals surface area contributed by atoms with Crippen LogP contribution in [0.3, 0.4) is 0 Å². The third-order valence-electron chi connectivity index (χ3n) is 4.64. The molecular weight excluding hydrogens is 368 g/mol. The Morgan fingerprint density at radius 1 is 1.03 bits per heavy atom. The predicted molar refractivity (Wildman–Crippen MR) is 110 cm³/mol. The van der Waals surface area contributed by atoms with Gasteiger partial charge in [0.05, 0.1) is 0 Å². The van der Waals surface area contributed by atoms with Crippen molar-refractivity contribution in [1.29, 1.82) is 0 Å². The summed E-state index contributed by atoms with van der Waals surface area (Å²) in [6.45, 7) is 5.12. The minimum Gasteiger partial charge on any atom is -0.454 e. The number of hydrogen-bond donors (Lipinski definition) is 1. The summed E-state index contributed by atoms with van der Waals surface area (Å²) in [5, 5.41) is 11.3. The van der Waals surface area contributed by atoms with E-state index < -0.39 is 0 Å². The molecule has 0 unspecified atom stereocenters. The van der Waals surface area contributed by atoms with Crippen LogP contribution in [-0.2, 0) is 6.54 Å². The van der Waals surface area contributed by atoms with Crippen molar-refractivity contribution in [3.05, 3.63) is 71.8 Å². The monoisotopic (exact) mass is 390 g/mol. The standard InChI is InChI=1S/C22H22N4O3/c1-15(2)26(13-16-6-4-3-5-7-16)21-11-10-20(24-25-21)23-22(27)17-8-9-18-19(12-17)29-14-28-18/h3-12,15H,13-14H2,1-2H3,(H,23,24,27). The van der Waals surface area contributed by atoms with E-state index in [2.05, 4.69) is 46.4 Å². The highest BCUT2D eigenvalue weighted by Gasteiger charge is 2.17. The van der Waals surface area contributed by atoms with E-state index in [0.29, 0.717) is 22.9 Å². The number of anilines is 2. The number of rotatable bonds is 6. The lowest BCUT2D eigenvalue weighted by atomic mass is 10.2. The van der Waals surface area contributed by atoms with Gasteiger partial charge in [-0.2, -0.15) is 0 Å². The normalized spacial score (nSPS) is 12.1. The first kappa shape index (κ1) is 18.7. The van der Waals surface area contributed by atoms with Crippen LogP contribution >= 0.6 is 0 Å². The van der Waals surface area contributed by atoms with Crippen LogP contribution in [0, 0.1) is 0 Å². The predicted octanol–water partition coefficient (Wildman–Crippen LogP) is 3.87. The van der Waals surface area contributed by atoms with Crippen molar-refractivity contribution in [2.45, 2.75) is 26.4 Å². The van der Waals surface area contributed by atoms with E-state index in [1.54, 1.807) is 24.3 Å². The van der Waals surface area contributed by atoms with Gasteiger partial charge in [-0.15, -0.1) is 10.2 Å². The summed E-state index contributed by atoms with van der Waals surface area (Å²) in [4.78, 5) is 14.7. The zero-order chi connectivity index (χ0) is 20.2. The third kappa shape index (κ3) is 4.29. The van der Waals surface area contributed by atoms with E-state index in [0.717, 1.165) is 12.4 Å². The van der Waals surface area contributed by atoms with Gasteiger partial charge in [0, 0.05) is 18.2 Å². The number of fused-ring (bicyclic) bond motifs is 1. The molecule has 0 atom stereocenters. The molecule has 148 valence electrons. The summed E-state index contributed by atoms with van der Waals surface area (Å²) < 4.78 is 10.6. The highest BCUT2D eigenvalue weighted by atomic mass is 16.7. The van der Waals surface area contributed by atoms with Crippen LogP contribution in [0.2, 0.25) is 0 Å². The molecule has 2 heterocycles. The van der Waals surface area contributed by atoms with Crippen LogP contribution in [0.15, 0.2) is 60.7 Å². The summed E-state index contributed by atoms with van der Waals surface area (Å²) >= 11 is 0. The van der Waals surface area contributed by atoms with E-state index >= 15 is 0 Å². The van der Waals surface area contributed by atoms with Crippen molar-refractivity contribution in [1.82, 2.24) is 10.2 Å². The fraction of sp³-hybridized carbons (Fsp3) is 0.227. The Balaban J connectivity index is 1.46. The number of ether oxygens (including phenoxy) is 2. The molecule has 29 heavy (non-hydrogen) atoms. The Kier molecular flexibility index (Phi) is 5.29. The second-order valence-corrected chi connectivity index (χ2v) is 7.01. The van der Waals surface area contributed by atoms with E-state index in [1.807, 2.05) is 24.3 Å². The number of nitrogens with one attached hydrogen (secondary N) is 1. The molecule has 7 heteroatoms. The lowest BCUT2D eigenvalue weighted by molar-refractivity contribution is 0.102. The number of nitrogens with zero attached hydrogens (tertiary/aromatic N) is 3. The summed E-state index contributed by atoms with van der Waals surface area (Å²) in [7, 11) is 0. The van der Waals surface area contributed by atoms with E-state index in [4.69, 9.17) is 9.47 Å². The molecule has 0 saturated carbocycles. The van der Waals surface area contributed by atoms with E-state index in [1.165, 1.54) is 5.56 Å². The Morgan fingerprint density at radius 3 is 2.55 bits per heavy atom. The molecule has 0 spiro atoms. The molecule has 0 fully saturated rings. The molecular formula is C22H22N4O3. The Labute approximate surface area is 169 Å². The summed E-state index contributed by atoms with van der Waals surface area (Å²) in [5.74, 6) is 2.06. The van der Waals surface area contributed by atoms with Crippen molar-refractivity contribution in [3.8, 4) is 11.5 Å².